The number of nitro groups is 1. The topological polar surface area (TPSA) is 94.4 Å². The molecule has 1 heterocycles. The van der Waals surface area contributed by atoms with E-state index in [1.165, 1.54) is 0 Å². The van der Waals surface area contributed by atoms with Crippen LogP contribution in [0, 0.1) is 27.8 Å². The van der Waals surface area contributed by atoms with Crippen molar-refractivity contribution in [1.82, 2.24) is 10.3 Å². The summed E-state index contributed by atoms with van der Waals surface area (Å²) in [4.78, 5) is 25.3. The number of nitro benzene ring substituents is 1. The minimum Gasteiger partial charge on any atom is -0.464 e. The number of non-ortho nitro benzene ring substituents is 1. The van der Waals surface area contributed by atoms with Crippen molar-refractivity contribution in [2.24, 2.45) is 0 Å². The monoisotopic (exact) mass is 431 g/mol. The van der Waals surface area contributed by atoms with Gasteiger partial charge in [-0.25, -0.2) is 9.37 Å². The van der Waals surface area contributed by atoms with E-state index in [-0.39, 0.29) is 19.0 Å². The van der Waals surface area contributed by atoms with Gasteiger partial charge in [0.2, 0.25) is 5.88 Å². The van der Waals surface area contributed by atoms with E-state index < -0.39 is 44.8 Å². The molecule has 0 aliphatic carbocycles. The number of benzene rings is 1. The molecular weight excluding hydrogens is 422 g/mol. The van der Waals surface area contributed by atoms with Crippen LogP contribution in [0.2, 0.25) is 5.15 Å². The Balaban J connectivity index is 1.91. The van der Waals surface area contributed by atoms with Crippen LogP contribution in [-0.2, 0) is 6.18 Å². The number of carbonyl (C=O) groups is 1. The lowest BCUT2D eigenvalue weighted by Crippen LogP contribution is -2.24. The van der Waals surface area contributed by atoms with Crippen LogP contribution in [0.5, 0.6) is 5.88 Å². The van der Waals surface area contributed by atoms with Gasteiger partial charge in [-0.3, -0.25) is 14.9 Å². The van der Waals surface area contributed by atoms with Crippen LogP contribution >= 0.6 is 11.6 Å². The Hall–Kier alpha value is -3.39. The normalized spacial score (nSPS) is 10.7. The van der Waals surface area contributed by atoms with Gasteiger partial charge in [0.05, 0.1) is 22.6 Å². The molecule has 0 fully saturated rings. The number of alkyl halides is 3. The molecule has 0 bridgehead atoms. The first kappa shape index (κ1) is 21.9. The van der Waals surface area contributed by atoms with Gasteiger partial charge in [-0.05, 0) is 12.1 Å². The van der Waals surface area contributed by atoms with Crippen molar-refractivity contribution in [1.29, 1.82) is 0 Å². The predicted octanol–water partition coefficient (Wildman–Crippen LogP) is 3.61. The first-order valence-electron chi connectivity index (χ1n) is 7.63. The molecule has 0 saturated heterocycles. The van der Waals surface area contributed by atoms with Gasteiger partial charge in [-0.2, -0.15) is 13.2 Å². The highest BCUT2D eigenvalue weighted by molar-refractivity contribution is 6.29. The second-order valence-electron chi connectivity index (χ2n) is 5.26. The third kappa shape index (κ3) is 6.32. The van der Waals surface area contributed by atoms with Crippen LogP contribution in [0.1, 0.15) is 15.9 Å². The maximum atomic E-state index is 13.6. The Labute approximate surface area is 165 Å². The number of amides is 1. The molecule has 0 saturated carbocycles. The molecule has 1 aromatic heterocycles. The molecule has 0 aliphatic heterocycles. The molecule has 152 valence electrons. The second kappa shape index (κ2) is 9.20. The minimum atomic E-state index is -4.62. The zero-order valence-electron chi connectivity index (χ0n) is 14.2. The molecule has 2 aromatic rings. The van der Waals surface area contributed by atoms with Crippen molar-refractivity contribution in [3.8, 4) is 17.7 Å². The summed E-state index contributed by atoms with van der Waals surface area (Å²) in [5.41, 5.74) is -2.02. The summed E-state index contributed by atoms with van der Waals surface area (Å²) in [7, 11) is 0. The van der Waals surface area contributed by atoms with E-state index >= 15 is 0 Å². The first-order chi connectivity index (χ1) is 13.6. The molecule has 7 nitrogen and oxygen atoms in total. The van der Waals surface area contributed by atoms with Crippen molar-refractivity contribution in [2.45, 2.75) is 6.18 Å². The smallest absolute Gasteiger partial charge is 0.416 e. The fourth-order valence-corrected chi connectivity index (χ4v) is 2.16. The van der Waals surface area contributed by atoms with E-state index in [1.54, 1.807) is 0 Å². The van der Waals surface area contributed by atoms with Crippen LogP contribution in [-0.4, -0.2) is 29.0 Å². The van der Waals surface area contributed by atoms with E-state index in [0.717, 1.165) is 18.2 Å². The molecule has 29 heavy (non-hydrogen) atoms. The number of hydrogen-bond acceptors (Lipinski definition) is 5. The van der Waals surface area contributed by atoms with E-state index in [2.05, 4.69) is 22.1 Å². The van der Waals surface area contributed by atoms with E-state index in [0.29, 0.717) is 12.1 Å². The van der Waals surface area contributed by atoms with Gasteiger partial charge in [0.25, 0.3) is 11.6 Å². The van der Waals surface area contributed by atoms with Gasteiger partial charge in [-0.1, -0.05) is 23.4 Å². The van der Waals surface area contributed by atoms with Gasteiger partial charge < -0.3 is 10.1 Å². The van der Waals surface area contributed by atoms with Crippen molar-refractivity contribution < 1.29 is 32.0 Å². The number of halogens is 5. The standard InChI is InChI=1S/C17H10ClF4N3O4/c18-14-7-10(17(20,21)22)8-15(24-14)29-6-2-1-5-23-16(26)12-9-11(25(27)28)3-4-13(12)19/h3-4,7-9H,5-6H2,(H,23,26). The zero-order valence-corrected chi connectivity index (χ0v) is 15.0. The Morgan fingerprint density at radius 3 is 2.66 bits per heavy atom. The van der Waals surface area contributed by atoms with Gasteiger partial charge in [0.15, 0.2) is 6.61 Å². The van der Waals surface area contributed by atoms with Crippen LogP contribution in [0.25, 0.3) is 0 Å². The second-order valence-corrected chi connectivity index (χ2v) is 5.65. The summed E-state index contributed by atoms with van der Waals surface area (Å²) in [6.07, 6.45) is -4.62. The summed E-state index contributed by atoms with van der Waals surface area (Å²) in [6, 6.07) is 3.78. The molecule has 12 heteroatoms. The third-order valence-electron chi connectivity index (χ3n) is 3.26. The number of nitrogens with one attached hydrogen (secondary N) is 1. The van der Waals surface area contributed by atoms with Crippen LogP contribution in [0.3, 0.4) is 0 Å². The molecule has 1 N–H and O–H groups in total. The molecule has 1 aromatic carbocycles. The Bertz CT molecular complexity index is 1000. The van der Waals surface area contributed by atoms with E-state index in [1.807, 2.05) is 0 Å². The van der Waals surface area contributed by atoms with E-state index in [9.17, 15) is 32.5 Å². The highest BCUT2D eigenvalue weighted by atomic mass is 35.5. The summed E-state index contributed by atoms with van der Waals surface area (Å²) in [6.45, 7) is -0.618. The van der Waals surface area contributed by atoms with E-state index in [4.69, 9.17) is 16.3 Å². The molecule has 0 spiro atoms. The highest BCUT2D eigenvalue weighted by Crippen LogP contribution is 2.32. The zero-order chi connectivity index (χ0) is 21.6. The highest BCUT2D eigenvalue weighted by Gasteiger charge is 2.31. The predicted molar refractivity (Wildman–Crippen MR) is 92.9 cm³/mol. The SMILES string of the molecule is O=C(NCC#CCOc1cc(C(F)(F)F)cc(Cl)n1)c1cc([N+](=O)[O-])ccc1F. The minimum absolute atomic E-state index is 0.263. The van der Waals surface area contributed by atoms with Gasteiger partial charge in [-0.15, -0.1) is 0 Å². The Morgan fingerprint density at radius 1 is 1.28 bits per heavy atom. The Morgan fingerprint density at radius 2 is 2.00 bits per heavy atom. The van der Waals surface area contributed by atoms with Gasteiger partial charge >= 0.3 is 6.18 Å². The van der Waals surface area contributed by atoms with Crippen LogP contribution < -0.4 is 10.1 Å². The molecular formula is C17H10ClF4N3O4. The summed E-state index contributed by atoms with van der Waals surface area (Å²) >= 11 is 5.51. The van der Waals surface area contributed by atoms with Crippen LogP contribution in [0.15, 0.2) is 30.3 Å². The number of rotatable bonds is 5. The molecule has 1 amide bonds. The summed E-state index contributed by atoms with van der Waals surface area (Å²) in [5, 5.41) is 12.5. The average Bonchev–Trinajstić information content (AvgIpc) is 2.63. The third-order valence-corrected chi connectivity index (χ3v) is 3.45. The summed E-state index contributed by atoms with van der Waals surface area (Å²) in [5.74, 6) is 2.58. The molecule has 0 unspecified atom stereocenters. The fraction of sp³-hybridized carbons (Fsp3) is 0.176. The molecule has 0 radical (unpaired) electrons. The van der Waals surface area contributed by atoms with Crippen molar-refractivity contribution in [3.63, 3.8) is 0 Å². The number of hydrogen-bond donors (Lipinski definition) is 1. The van der Waals surface area contributed by atoms with Crippen molar-refractivity contribution in [3.05, 3.63) is 62.5 Å². The maximum absolute atomic E-state index is 13.6. The summed E-state index contributed by atoms with van der Waals surface area (Å²) < 4.78 is 56.6. The first-order valence-corrected chi connectivity index (χ1v) is 8.01. The molecule has 0 aliphatic rings. The number of aromatic nitrogens is 1. The number of carbonyl (C=O) groups excluding carboxylic acids is 1. The largest absolute Gasteiger partial charge is 0.464 e. The number of pyridine rings is 1. The maximum Gasteiger partial charge on any atom is 0.416 e. The number of nitrogens with zero attached hydrogens (tertiary/aromatic N) is 2. The quantitative estimate of drug-likeness (QED) is 0.256. The van der Waals surface area contributed by atoms with Crippen LogP contribution in [0.4, 0.5) is 23.2 Å². The molecule has 2 rings (SSSR count). The molecule has 0 atom stereocenters. The lowest BCUT2D eigenvalue weighted by atomic mass is 10.1. The fourth-order valence-electron chi connectivity index (χ4n) is 1.95. The average molecular weight is 432 g/mol. The number of ether oxygens (including phenoxy) is 1. The van der Waals surface area contributed by atoms with Gasteiger partial charge in [0.1, 0.15) is 11.0 Å². The van der Waals surface area contributed by atoms with Crippen molar-refractivity contribution >= 4 is 23.2 Å². The lowest BCUT2D eigenvalue weighted by Gasteiger charge is -2.08. The van der Waals surface area contributed by atoms with Gasteiger partial charge in [0, 0.05) is 18.2 Å². The van der Waals surface area contributed by atoms with Crippen molar-refractivity contribution in [2.75, 3.05) is 13.2 Å². The lowest BCUT2D eigenvalue weighted by molar-refractivity contribution is -0.384. The Kier molecular flexibility index (Phi) is 6.95.